The van der Waals surface area contributed by atoms with E-state index in [4.69, 9.17) is 6.42 Å². The molecule has 0 saturated carbocycles. The quantitative estimate of drug-likeness (QED) is 0.754. The highest BCUT2D eigenvalue weighted by Gasteiger charge is 2.20. The fourth-order valence-corrected chi connectivity index (χ4v) is 1.56. The third-order valence-corrected chi connectivity index (χ3v) is 2.33. The monoisotopic (exact) mass is 215 g/mol. The lowest BCUT2D eigenvalue weighted by molar-refractivity contribution is 0.0956. The summed E-state index contributed by atoms with van der Waals surface area (Å²) in [4.78, 5) is 11.9. The van der Waals surface area contributed by atoms with Gasteiger partial charge in [-0.3, -0.25) is 4.79 Å². The molecule has 0 fully saturated rings. The number of hydrogen-bond acceptors (Lipinski definition) is 1. The van der Waals surface area contributed by atoms with E-state index in [-0.39, 0.29) is 17.9 Å². The molecule has 0 atom stereocenters. The van der Waals surface area contributed by atoms with Crippen LogP contribution in [0.2, 0.25) is 0 Å². The molecule has 2 heteroatoms. The summed E-state index contributed by atoms with van der Waals surface area (Å²) in [6, 6.07) is 7.61. The van der Waals surface area contributed by atoms with Crippen molar-refractivity contribution in [2.75, 3.05) is 6.54 Å². The molecule has 16 heavy (non-hydrogen) atoms. The Bertz CT molecular complexity index is 421. The maximum Gasteiger partial charge on any atom is 0.252 e. The van der Waals surface area contributed by atoms with Crippen LogP contribution in [0.5, 0.6) is 0 Å². The number of amides is 1. The summed E-state index contributed by atoms with van der Waals surface area (Å²) in [5.41, 5.74) is 1.68. The van der Waals surface area contributed by atoms with E-state index in [0.717, 1.165) is 5.56 Å². The summed E-state index contributed by atoms with van der Waals surface area (Å²) in [6.45, 7) is 6.51. The van der Waals surface area contributed by atoms with Gasteiger partial charge in [0.2, 0.25) is 0 Å². The molecule has 84 valence electrons. The molecule has 1 N–H and O–H groups in total. The first-order valence-corrected chi connectivity index (χ1v) is 5.28. The summed E-state index contributed by atoms with van der Waals surface area (Å²) in [7, 11) is 0. The minimum atomic E-state index is -0.108. The third kappa shape index (κ3) is 2.87. The van der Waals surface area contributed by atoms with Crippen LogP contribution in [-0.2, 0) is 5.41 Å². The molecule has 0 aliphatic heterocycles. The van der Waals surface area contributed by atoms with Crippen LogP contribution in [0.4, 0.5) is 0 Å². The fraction of sp³-hybridized carbons (Fsp3) is 0.357. The summed E-state index contributed by atoms with van der Waals surface area (Å²) in [5, 5.41) is 2.69. The third-order valence-electron chi connectivity index (χ3n) is 2.33. The first kappa shape index (κ1) is 12.3. The number of carbonyl (C=O) groups excluding carboxylic acids is 1. The molecule has 0 bridgehead atoms. The van der Waals surface area contributed by atoms with E-state index in [1.807, 2.05) is 24.3 Å². The molecule has 1 aromatic carbocycles. The average Bonchev–Trinajstić information content (AvgIpc) is 2.24. The Morgan fingerprint density at radius 2 is 2.00 bits per heavy atom. The smallest absolute Gasteiger partial charge is 0.252 e. The number of benzene rings is 1. The molecule has 0 aliphatic rings. The van der Waals surface area contributed by atoms with Crippen LogP contribution in [-0.4, -0.2) is 12.5 Å². The predicted octanol–water partition coefficient (Wildman–Crippen LogP) is 2.35. The lowest BCUT2D eigenvalue weighted by Gasteiger charge is -2.22. The van der Waals surface area contributed by atoms with E-state index < -0.39 is 0 Å². The molecular formula is C14H17NO. The van der Waals surface area contributed by atoms with Gasteiger partial charge in [0.1, 0.15) is 0 Å². The van der Waals surface area contributed by atoms with Crippen molar-refractivity contribution in [2.24, 2.45) is 0 Å². The van der Waals surface area contributed by atoms with E-state index in [1.165, 1.54) is 0 Å². The molecule has 2 nitrogen and oxygen atoms in total. The predicted molar refractivity (Wildman–Crippen MR) is 66.3 cm³/mol. The van der Waals surface area contributed by atoms with Gasteiger partial charge in [0.05, 0.1) is 6.54 Å². The van der Waals surface area contributed by atoms with E-state index >= 15 is 0 Å². The maximum absolute atomic E-state index is 11.9. The van der Waals surface area contributed by atoms with Crippen molar-refractivity contribution in [3.05, 3.63) is 35.4 Å². The van der Waals surface area contributed by atoms with Crippen molar-refractivity contribution in [3.63, 3.8) is 0 Å². The number of terminal acetylenes is 1. The minimum absolute atomic E-state index is 0.0515. The second-order valence-electron chi connectivity index (χ2n) is 4.68. The highest BCUT2D eigenvalue weighted by Crippen LogP contribution is 2.25. The Morgan fingerprint density at radius 3 is 2.56 bits per heavy atom. The highest BCUT2D eigenvalue weighted by molar-refractivity contribution is 5.96. The number of nitrogens with one attached hydrogen (secondary N) is 1. The standard InChI is InChI=1S/C14H17NO/c1-5-10-15-13(16)11-8-6-7-9-12(11)14(2,3)4/h1,6-9H,10H2,2-4H3,(H,15,16). The van der Waals surface area contributed by atoms with Crippen molar-refractivity contribution in [2.45, 2.75) is 26.2 Å². The summed E-state index contributed by atoms with van der Waals surface area (Å²) >= 11 is 0. The van der Waals surface area contributed by atoms with Crippen molar-refractivity contribution in [1.29, 1.82) is 0 Å². The summed E-state index contributed by atoms with van der Waals surface area (Å²) in [5.74, 6) is 2.29. The second kappa shape index (κ2) is 4.85. The van der Waals surface area contributed by atoms with Crippen molar-refractivity contribution >= 4 is 5.91 Å². The Morgan fingerprint density at radius 1 is 1.38 bits per heavy atom. The largest absolute Gasteiger partial charge is 0.341 e. The molecule has 0 spiro atoms. The highest BCUT2D eigenvalue weighted by atomic mass is 16.1. The van der Waals surface area contributed by atoms with Gasteiger partial charge in [0.25, 0.3) is 5.91 Å². The minimum Gasteiger partial charge on any atom is -0.341 e. The van der Waals surface area contributed by atoms with Crippen LogP contribution in [0.3, 0.4) is 0 Å². The van der Waals surface area contributed by atoms with Crippen LogP contribution < -0.4 is 5.32 Å². The van der Waals surface area contributed by atoms with Crippen molar-refractivity contribution in [3.8, 4) is 12.3 Å². The molecule has 0 aliphatic carbocycles. The normalized spacial score (nSPS) is 10.6. The van der Waals surface area contributed by atoms with Gasteiger partial charge in [0.15, 0.2) is 0 Å². The van der Waals surface area contributed by atoms with E-state index in [0.29, 0.717) is 5.56 Å². The molecule has 1 aromatic rings. The van der Waals surface area contributed by atoms with Gasteiger partial charge >= 0.3 is 0 Å². The summed E-state index contributed by atoms with van der Waals surface area (Å²) in [6.07, 6.45) is 5.11. The Labute approximate surface area is 97.1 Å². The number of hydrogen-bond donors (Lipinski definition) is 1. The molecule has 1 amide bonds. The topological polar surface area (TPSA) is 29.1 Å². The van der Waals surface area contributed by atoms with Gasteiger partial charge in [0, 0.05) is 5.56 Å². The van der Waals surface area contributed by atoms with Gasteiger partial charge in [-0.15, -0.1) is 6.42 Å². The maximum atomic E-state index is 11.9. The Kier molecular flexibility index (Phi) is 3.73. The van der Waals surface area contributed by atoms with Gasteiger partial charge in [-0.05, 0) is 17.0 Å². The van der Waals surface area contributed by atoms with Crippen molar-refractivity contribution in [1.82, 2.24) is 5.32 Å². The van der Waals surface area contributed by atoms with Gasteiger partial charge in [-0.25, -0.2) is 0 Å². The van der Waals surface area contributed by atoms with Gasteiger partial charge < -0.3 is 5.32 Å². The lowest BCUT2D eigenvalue weighted by atomic mass is 9.83. The molecule has 0 radical (unpaired) electrons. The van der Waals surface area contributed by atoms with Crippen LogP contribution in [0, 0.1) is 12.3 Å². The van der Waals surface area contributed by atoms with Crippen LogP contribution in [0.1, 0.15) is 36.7 Å². The lowest BCUT2D eigenvalue weighted by Crippen LogP contribution is -2.27. The van der Waals surface area contributed by atoms with E-state index in [1.54, 1.807) is 0 Å². The SMILES string of the molecule is C#CCNC(=O)c1ccccc1C(C)(C)C. The van der Waals surface area contributed by atoms with Crippen molar-refractivity contribution < 1.29 is 4.79 Å². The Balaban J connectivity index is 3.05. The first-order valence-electron chi connectivity index (χ1n) is 5.28. The molecule has 0 saturated heterocycles. The molecule has 1 rings (SSSR count). The number of carbonyl (C=O) groups is 1. The molecule has 0 unspecified atom stereocenters. The van der Waals surface area contributed by atoms with Crippen LogP contribution >= 0.6 is 0 Å². The average molecular weight is 215 g/mol. The fourth-order valence-electron chi connectivity index (χ4n) is 1.56. The zero-order valence-electron chi connectivity index (χ0n) is 10.0. The zero-order valence-corrected chi connectivity index (χ0v) is 10.0. The van der Waals surface area contributed by atoms with Gasteiger partial charge in [-0.2, -0.15) is 0 Å². The molecule has 0 heterocycles. The Hall–Kier alpha value is -1.75. The number of rotatable bonds is 2. The molecular weight excluding hydrogens is 198 g/mol. The summed E-state index contributed by atoms with van der Waals surface area (Å²) < 4.78 is 0. The van der Waals surface area contributed by atoms with E-state index in [9.17, 15) is 4.79 Å². The second-order valence-corrected chi connectivity index (χ2v) is 4.68. The first-order chi connectivity index (χ1) is 7.46. The van der Waals surface area contributed by atoms with E-state index in [2.05, 4.69) is 32.0 Å². The van der Waals surface area contributed by atoms with Crippen LogP contribution in [0.15, 0.2) is 24.3 Å². The molecule has 0 aromatic heterocycles. The van der Waals surface area contributed by atoms with Gasteiger partial charge in [-0.1, -0.05) is 44.9 Å². The zero-order chi connectivity index (χ0) is 12.2. The van der Waals surface area contributed by atoms with Crippen LogP contribution in [0.25, 0.3) is 0 Å².